The fraction of sp³-hybridized carbons (Fsp3) is 0.875. The lowest BCUT2D eigenvalue weighted by Crippen LogP contribution is -2.40. The molecule has 1 heterocycles. The van der Waals surface area contributed by atoms with Gasteiger partial charge in [-0.2, -0.15) is 0 Å². The second kappa shape index (κ2) is 2.94. The first kappa shape index (κ1) is 7.86. The third-order valence-electron chi connectivity index (χ3n) is 2.64. The van der Waals surface area contributed by atoms with E-state index in [9.17, 15) is 9.90 Å². The highest BCUT2D eigenvalue weighted by Crippen LogP contribution is 2.25. The van der Waals surface area contributed by atoms with Gasteiger partial charge in [-0.15, -0.1) is 0 Å². The van der Waals surface area contributed by atoms with Gasteiger partial charge in [-0.05, 0) is 19.3 Å². The second-order valence-electron chi connectivity index (χ2n) is 3.37. The number of hydrogen-bond donors (Lipinski definition) is 1. The molecule has 1 aliphatic heterocycles. The number of cyclic esters (lactones) is 1. The van der Waals surface area contributed by atoms with Gasteiger partial charge >= 0.3 is 6.09 Å². The molecule has 0 radical (unpaired) electrons. The molecule has 0 aromatic carbocycles. The summed E-state index contributed by atoms with van der Waals surface area (Å²) in [5.74, 6) is 0. The van der Waals surface area contributed by atoms with E-state index in [0.29, 0.717) is 13.2 Å². The van der Waals surface area contributed by atoms with Crippen molar-refractivity contribution in [1.82, 2.24) is 4.90 Å². The maximum absolute atomic E-state index is 11.1. The smallest absolute Gasteiger partial charge is 0.410 e. The van der Waals surface area contributed by atoms with Gasteiger partial charge in [0.25, 0.3) is 0 Å². The molecule has 1 amide bonds. The molecule has 2 fully saturated rings. The molecular formula is C8H13NO3. The van der Waals surface area contributed by atoms with Crippen LogP contribution in [0.4, 0.5) is 4.79 Å². The first-order valence-electron chi connectivity index (χ1n) is 4.40. The third-order valence-corrected chi connectivity index (χ3v) is 2.64. The quantitative estimate of drug-likeness (QED) is 0.619. The average molecular weight is 171 g/mol. The van der Waals surface area contributed by atoms with Crippen LogP contribution in [0.15, 0.2) is 0 Å². The summed E-state index contributed by atoms with van der Waals surface area (Å²) in [6, 6.07) is 0.0139. The molecule has 68 valence electrons. The van der Waals surface area contributed by atoms with Crippen molar-refractivity contribution < 1.29 is 14.6 Å². The van der Waals surface area contributed by atoms with Crippen LogP contribution < -0.4 is 0 Å². The molecule has 2 atom stereocenters. The first-order chi connectivity index (χ1) is 5.79. The zero-order chi connectivity index (χ0) is 8.55. The largest absolute Gasteiger partial charge is 0.448 e. The fourth-order valence-electron chi connectivity index (χ4n) is 1.99. The summed E-state index contributed by atoms with van der Waals surface area (Å²) >= 11 is 0. The topological polar surface area (TPSA) is 49.8 Å². The number of aliphatic hydroxyl groups is 1. The number of hydrogen-bond acceptors (Lipinski definition) is 3. The number of nitrogens with zero attached hydrogens (tertiary/aromatic N) is 1. The van der Waals surface area contributed by atoms with Crippen molar-refractivity contribution in [2.24, 2.45) is 0 Å². The van der Waals surface area contributed by atoms with Gasteiger partial charge in [0.15, 0.2) is 0 Å². The van der Waals surface area contributed by atoms with Crippen molar-refractivity contribution in [2.75, 3.05) is 13.2 Å². The molecule has 4 heteroatoms. The lowest BCUT2D eigenvalue weighted by Gasteiger charge is -2.23. The summed E-state index contributed by atoms with van der Waals surface area (Å²) < 4.78 is 4.80. The number of rotatable bonds is 1. The highest BCUT2D eigenvalue weighted by atomic mass is 16.6. The first-order valence-corrected chi connectivity index (χ1v) is 4.40. The maximum Gasteiger partial charge on any atom is 0.410 e. The van der Waals surface area contributed by atoms with E-state index in [4.69, 9.17) is 4.74 Å². The third kappa shape index (κ3) is 1.16. The molecule has 2 rings (SSSR count). The van der Waals surface area contributed by atoms with Crippen LogP contribution in [0.5, 0.6) is 0 Å². The number of amides is 1. The molecule has 1 aliphatic carbocycles. The predicted molar refractivity (Wildman–Crippen MR) is 41.7 cm³/mol. The minimum atomic E-state index is -0.337. The Morgan fingerprint density at radius 1 is 1.50 bits per heavy atom. The predicted octanol–water partition coefficient (Wildman–Crippen LogP) is 0.352. The van der Waals surface area contributed by atoms with Crippen LogP contribution in [0.2, 0.25) is 0 Å². The van der Waals surface area contributed by atoms with E-state index in [0.717, 1.165) is 19.3 Å². The average Bonchev–Trinajstić information content (AvgIpc) is 2.59. The van der Waals surface area contributed by atoms with Gasteiger partial charge in [-0.3, -0.25) is 4.90 Å². The minimum absolute atomic E-state index is 0.0139. The molecule has 12 heavy (non-hydrogen) atoms. The molecule has 1 saturated carbocycles. The van der Waals surface area contributed by atoms with E-state index < -0.39 is 0 Å². The molecule has 1 N–H and O–H groups in total. The molecule has 2 aliphatic rings. The molecule has 1 saturated heterocycles. The number of ether oxygens (including phenoxy) is 1. The van der Waals surface area contributed by atoms with Gasteiger partial charge in [0.05, 0.1) is 18.7 Å². The van der Waals surface area contributed by atoms with E-state index in [-0.39, 0.29) is 18.2 Å². The normalized spacial score (nSPS) is 35.8. The second-order valence-corrected chi connectivity index (χ2v) is 3.37. The number of carbonyl (C=O) groups is 1. The molecule has 0 aromatic rings. The number of aliphatic hydroxyl groups excluding tert-OH is 1. The summed E-state index contributed by atoms with van der Waals surface area (Å²) in [5.41, 5.74) is 0. The van der Waals surface area contributed by atoms with Crippen molar-refractivity contribution in [3.8, 4) is 0 Å². The van der Waals surface area contributed by atoms with Gasteiger partial charge in [-0.25, -0.2) is 4.79 Å². The Bertz CT molecular complexity index is 195. The molecular weight excluding hydrogens is 158 g/mol. The monoisotopic (exact) mass is 171 g/mol. The SMILES string of the molecule is O=C1OCCN1[C@H]1CCC[C@@H]1O. The molecule has 0 aromatic heterocycles. The molecule has 0 bridgehead atoms. The van der Waals surface area contributed by atoms with Crippen molar-refractivity contribution in [3.63, 3.8) is 0 Å². The van der Waals surface area contributed by atoms with Crippen LogP contribution in [0, 0.1) is 0 Å². The maximum atomic E-state index is 11.1. The van der Waals surface area contributed by atoms with Crippen LogP contribution in [-0.2, 0) is 4.74 Å². The van der Waals surface area contributed by atoms with Crippen LogP contribution in [-0.4, -0.2) is 41.4 Å². The molecule has 0 unspecified atom stereocenters. The zero-order valence-corrected chi connectivity index (χ0v) is 6.90. The highest BCUT2D eigenvalue weighted by molar-refractivity contribution is 5.69. The zero-order valence-electron chi connectivity index (χ0n) is 6.90. The van der Waals surface area contributed by atoms with Crippen LogP contribution in [0.25, 0.3) is 0 Å². The standard InChI is InChI=1S/C8H13NO3/c10-7-3-1-2-6(7)9-4-5-12-8(9)11/h6-7,10H,1-5H2/t6-,7-/m0/s1. The van der Waals surface area contributed by atoms with E-state index >= 15 is 0 Å². The van der Waals surface area contributed by atoms with E-state index in [1.54, 1.807) is 4.90 Å². The van der Waals surface area contributed by atoms with Gasteiger partial charge in [0, 0.05) is 0 Å². The Balaban J connectivity index is 2.03. The Morgan fingerprint density at radius 2 is 2.33 bits per heavy atom. The Hall–Kier alpha value is -0.770. The summed E-state index contributed by atoms with van der Waals surface area (Å²) in [7, 11) is 0. The fourth-order valence-corrected chi connectivity index (χ4v) is 1.99. The lowest BCUT2D eigenvalue weighted by molar-refractivity contribution is 0.0883. The molecule has 4 nitrogen and oxygen atoms in total. The summed E-state index contributed by atoms with van der Waals surface area (Å²) in [5, 5.41) is 9.52. The van der Waals surface area contributed by atoms with Crippen LogP contribution in [0.1, 0.15) is 19.3 Å². The summed E-state index contributed by atoms with van der Waals surface area (Å²) in [4.78, 5) is 12.7. The minimum Gasteiger partial charge on any atom is -0.448 e. The van der Waals surface area contributed by atoms with Crippen LogP contribution in [0.3, 0.4) is 0 Å². The molecule has 0 spiro atoms. The van der Waals surface area contributed by atoms with E-state index in [1.807, 2.05) is 0 Å². The number of carbonyl (C=O) groups excluding carboxylic acids is 1. The summed E-state index contributed by atoms with van der Waals surface area (Å²) in [6.45, 7) is 1.11. The van der Waals surface area contributed by atoms with Crippen LogP contribution >= 0.6 is 0 Å². The van der Waals surface area contributed by atoms with Crippen molar-refractivity contribution in [1.29, 1.82) is 0 Å². The van der Waals surface area contributed by atoms with Crippen molar-refractivity contribution in [3.05, 3.63) is 0 Å². The van der Waals surface area contributed by atoms with Gasteiger partial charge in [0.2, 0.25) is 0 Å². The summed E-state index contributed by atoms with van der Waals surface area (Å²) in [6.07, 6.45) is 2.14. The van der Waals surface area contributed by atoms with Gasteiger partial charge in [-0.1, -0.05) is 0 Å². The highest BCUT2D eigenvalue weighted by Gasteiger charge is 2.36. The Kier molecular flexibility index (Phi) is 1.92. The van der Waals surface area contributed by atoms with Gasteiger partial charge < -0.3 is 9.84 Å². The van der Waals surface area contributed by atoms with E-state index in [2.05, 4.69) is 0 Å². The van der Waals surface area contributed by atoms with E-state index in [1.165, 1.54) is 0 Å². The lowest BCUT2D eigenvalue weighted by atomic mass is 10.2. The van der Waals surface area contributed by atoms with Crippen molar-refractivity contribution in [2.45, 2.75) is 31.4 Å². The van der Waals surface area contributed by atoms with Crippen molar-refractivity contribution >= 4 is 6.09 Å². The van der Waals surface area contributed by atoms with Gasteiger partial charge in [0.1, 0.15) is 6.61 Å². The Labute approximate surface area is 71.1 Å². The Morgan fingerprint density at radius 3 is 2.83 bits per heavy atom.